The van der Waals surface area contributed by atoms with Crippen LogP contribution < -0.4 is 15.4 Å². The van der Waals surface area contributed by atoms with Crippen molar-refractivity contribution >= 4 is 34.2 Å². The molecule has 0 radical (unpaired) electrons. The number of halogens is 1. The number of ether oxygens (including phenoxy) is 1. The van der Waals surface area contributed by atoms with Crippen LogP contribution in [0.25, 0.3) is 22.4 Å². The fourth-order valence-corrected chi connectivity index (χ4v) is 3.93. The number of aromatic amines is 1. The molecule has 150 valence electrons. The Morgan fingerprint density at radius 2 is 1.87 bits per heavy atom. The second-order valence-corrected chi connectivity index (χ2v) is 7.64. The lowest BCUT2D eigenvalue weighted by molar-refractivity contribution is 0.102. The van der Waals surface area contributed by atoms with Crippen molar-refractivity contribution in [3.8, 4) is 17.1 Å². The normalized spacial score (nSPS) is 12.7. The summed E-state index contributed by atoms with van der Waals surface area (Å²) in [6, 6.07) is 16.9. The second-order valence-electron chi connectivity index (χ2n) is 7.20. The van der Waals surface area contributed by atoms with E-state index in [1.54, 1.807) is 19.2 Å². The predicted octanol–water partition coefficient (Wildman–Crippen LogP) is 4.75. The highest BCUT2D eigenvalue weighted by atomic mass is 35.5. The minimum Gasteiger partial charge on any atom is -0.497 e. The van der Waals surface area contributed by atoms with Gasteiger partial charge in [0.05, 0.1) is 18.2 Å². The van der Waals surface area contributed by atoms with Crippen LogP contribution in [0.4, 0.5) is 5.69 Å². The molecular weight excluding hydrogens is 400 g/mol. The molecule has 0 fully saturated rings. The topological polar surface area (TPSA) is 79.0 Å². The molecule has 1 amide bonds. The zero-order chi connectivity index (χ0) is 20.7. The van der Waals surface area contributed by atoms with Gasteiger partial charge in [-0.3, -0.25) is 4.79 Å². The largest absolute Gasteiger partial charge is 0.497 e. The van der Waals surface area contributed by atoms with Gasteiger partial charge in [0, 0.05) is 29.4 Å². The Morgan fingerprint density at radius 1 is 1.07 bits per heavy atom. The summed E-state index contributed by atoms with van der Waals surface area (Å²) in [6.07, 6.45) is 0. The van der Waals surface area contributed by atoms with E-state index in [1.807, 2.05) is 42.5 Å². The number of carbonyl (C=O) groups is 1. The number of nitrogens with zero attached hydrogens (tertiary/aromatic N) is 1. The summed E-state index contributed by atoms with van der Waals surface area (Å²) < 4.78 is 5.21. The van der Waals surface area contributed by atoms with Crippen molar-refractivity contribution in [2.45, 2.75) is 13.1 Å². The van der Waals surface area contributed by atoms with E-state index < -0.39 is 0 Å². The molecule has 3 aromatic carbocycles. The Bertz CT molecular complexity index is 1260. The van der Waals surface area contributed by atoms with Crippen LogP contribution >= 0.6 is 11.6 Å². The van der Waals surface area contributed by atoms with Gasteiger partial charge >= 0.3 is 0 Å². The van der Waals surface area contributed by atoms with Crippen molar-refractivity contribution in [2.75, 3.05) is 12.4 Å². The van der Waals surface area contributed by atoms with Gasteiger partial charge in [-0.25, -0.2) is 4.98 Å². The first-order valence-electron chi connectivity index (χ1n) is 9.58. The SMILES string of the molecule is COc1ccc(-c2nc3c(C(=O)Nc4ccc5c(c4)CNC5)cc(Cl)cc3[nH]2)cc1. The number of fused-ring (bicyclic) bond motifs is 2. The van der Waals surface area contributed by atoms with Crippen molar-refractivity contribution in [2.24, 2.45) is 0 Å². The van der Waals surface area contributed by atoms with E-state index in [4.69, 9.17) is 16.3 Å². The van der Waals surface area contributed by atoms with Crippen molar-refractivity contribution in [3.63, 3.8) is 0 Å². The number of aromatic nitrogens is 2. The minimum atomic E-state index is -0.249. The van der Waals surface area contributed by atoms with Gasteiger partial charge in [-0.2, -0.15) is 0 Å². The fourth-order valence-electron chi connectivity index (χ4n) is 3.71. The van der Waals surface area contributed by atoms with E-state index in [-0.39, 0.29) is 5.91 Å². The smallest absolute Gasteiger partial charge is 0.257 e. The number of amides is 1. The van der Waals surface area contributed by atoms with E-state index in [9.17, 15) is 4.79 Å². The minimum absolute atomic E-state index is 0.249. The molecule has 0 saturated heterocycles. The van der Waals surface area contributed by atoms with Crippen LogP contribution in [-0.4, -0.2) is 23.0 Å². The lowest BCUT2D eigenvalue weighted by atomic mass is 10.1. The van der Waals surface area contributed by atoms with Gasteiger partial charge in [0.1, 0.15) is 17.1 Å². The van der Waals surface area contributed by atoms with Crippen molar-refractivity contribution in [1.29, 1.82) is 0 Å². The summed E-state index contributed by atoms with van der Waals surface area (Å²) in [7, 11) is 1.63. The maximum Gasteiger partial charge on any atom is 0.257 e. The molecule has 0 spiro atoms. The number of benzene rings is 3. The van der Waals surface area contributed by atoms with Crippen molar-refractivity contribution in [1.82, 2.24) is 15.3 Å². The lowest BCUT2D eigenvalue weighted by Gasteiger charge is -2.08. The quantitative estimate of drug-likeness (QED) is 0.447. The summed E-state index contributed by atoms with van der Waals surface area (Å²) in [5.74, 6) is 1.18. The number of hydrogen-bond donors (Lipinski definition) is 3. The fraction of sp³-hybridized carbons (Fsp3) is 0.130. The molecular formula is C23H19ClN4O2. The summed E-state index contributed by atoms with van der Waals surface area (Å²) >= 11 is 6.29. The Balaban J connectivity index is 1.50. The maximum atomic E-state index is 13.1. The highest BCUT2D eigenvalue weighted by Crippen LogP contribution is 2.28. The molecule has 0 unspecified atom stereocenters. The number of H-pyrrole nitrogens is 1. The number of imidazole rings is 1. The highest BCUT2D eigenvalue weighted by Gasteiger charge is 2.18. The first-order valence-corrected chi connectivity index (χ1v) is 9.96. The summed E-state index contributed by atoms with van der Waals surface area (Å²) in [5, 5.41) is 6.75. The molecule has 1 aromatic heterocycles. The number of hydrogen-bond acceptors (Lipinski definition) is 4. The molecule has 0 bridgehead atoms. The van der Waals surface area contributed by atoms with Crippen LogP contribution in [0.2, 0.25) is 5.02 Å². The molecule has 0 atom stereocenters. The Hall–Kier alpha value is -3.35. The molecule has 30 heavy (non-hydrogen) atoms. The van der Waals surface area contributed by atoms with Gasteiger partial charge in [0.25, 0.3) is 5.91 Å². The van der Waals surface area contributed by atoms with Crippen LogP contribution in [0.15, 0.2) is 54.6 Å². The number of anilines is 1. The van der Waals surface area contributed by atoms with Crippen molar-refractivity contribution < 1.29 is 9.53 Å². The van der Waals surface area contributed by atoms with Crippen LogP contribution in [-0.2, 0) is 13.1 Å². The van der Waals surface area contributed by atoms with Gasteiger partial charge in [-0.1, -0.05) is 17.7 Å². The third-order valence-corrected chi connectivity index (χ3v) is 5.47. The van der Waals surface area contributed by atoms with Gasteiger partial charge in [0.2, 0.25) is 0 Å². The van der Waals surface area contributed by atoms with Crippen LogP contribution in [0.1, 0.15) is 21.5 Å². The first kappa shape index (κ1) is 18.7. The summed E-state index contributed by atoms with van der Waals surface area (Å²) in [6.45, 7) is 1.67. The molecule has 6 nitrogen and oxygen atoms in total. The molecule has 1 aliphatic rings. The molecule has 0 aliphatic carbocycles. The molecule has 0 saturated carbocycles. The molecule has 5 rings (SSSR count). The zero-order valence-corrected chi connectivity index (χ0v) is 17.0. The standard InChI is InChI=1S/C23H19ClN4O2/c1-30-18-6-3-13(4-7-18)22-27-20-10-16(24)9-19(21(20)28-22)23(29)26-17-5-2-14-11-25-12-15(14)8-17/h2-10,25H,11-12H2,1H3,(H,26,29)(H,27,28). The van der Waals surface area contributed by atoms with Gasteiger partial charge in [-0.15, -0.1) is 0 Å². The van der Waals surface area contributed by atoms with Crippen LogP contribution in [0.5, 0.6) is 5.75 Å². The summed E-state index contributed by atoms with van der Waals surface area (Å²) in [4.78, 5) is 21.0. The molecule has 3 N–H and O–H groups in total. The van der Waals surface area contributed by atoms with E-state index >= 15 is 0 Å². The van der Waals surface area contributed by atoms with Gasteiger partial charge < -0.3 is 20.4 Å². The Morgan fingerprint density at radius 3 is 2.67 bits per heavy atom. The Labute approximate surface area is 178 Å². The first-order chi connectivity index (χ1) is 14.6. The number of rotatable bonds is 4. The summed E-state index contributed by atoms with van der Waals surface area (Å²) in [5.41, 5.74) is 5.80. The Kier molecular flexibility index (Phi) is 4.65. The third kappa shape index (κ3) is 3.40. The van der Waals surface area contributed by atoms with Crippen LogP contribution in [0, 0.1) is 0 Å². The highest BCUT2D eigenvalue weighted by molar-refractivity contribution is 6.32. The number of nitrogens with one attached hydrogen (secondary N) is 3. The molecule has 7 heteroatoms. The average molecular weight is 419 g/mol. The van der Waals surface area contributed by atoms with Crippen molar-refractivity contribution in [3.05, 3.63) is 76.3 Å². The maximum absolute atomic E-state index is 13.1. The van der Waals surface area contributed by atoms with Gasteiger partial charge in [-0.05, 0) is 59.7 Å². The van der Waals surface area contributed by atoms with E-state index in [2.05, 4.69) is 20.6 Å². The monoisotopic (exact) mass is 418 g/mol. The zero-order valence-electron chi connectivity index (χ0n) is 16.3. The average Bonchev–Trinajstić information content (AvgIpc) is 3.39. The molecule has 4 aromatic rings. The van der Waals surface area contributed by atoms with E-state index in [1.165, 1.54) is 11.1 Å². The molecule has 2 heterocycles. The van der Waals surface area contributed by atoms with E-state index in [0.717, 1.165) is 30.1 Å². The molecule has 1 aliphatic heterocycles. The number of methoxy groups -OCH3 is 1. The predicted molar refractivity (Wildman–Crippen MR) is 118 cm³/mol. The van der Waals surface area contributed by atoms with E-state index in [0.29, 0.717) is 27.4 Å². The lowest BCUT2D eigenvalue weighted by Crippen LogP contribution is -2.13. The van der Waals surface area contributed by atoms with Crippen LogP contribution in [0.3, 0.4) is 0 Å². The second kappa shape index (κ2) is 7.48. The third-order valence-electron chi connectivity index (χ3n) is 5.25. The number of carbonyl (C=O) groups excluding carboxylic acids is 1. The van der Waals surface area contributed by atoms with Gasteiger partial charge in [0.15, 0.2) is 0 Å².